The second-order valence-corrected chi connectivity index (χ2v) is 5.42. The van der Waals surface area contributed by atoms with Crippen molar-refractivity contribution in [1.82, 2.24) is 4.90 Å². The summed E-state index contributed by atoms with van der Waals surface area (Å²) in [6.07, 6.45) is 3.74. The van der Waals surface area contributed by atoms with Crippen molar-refractivity contribution in [2.45, 2.75) is 47.1 Å². The zero-order chi connectivity index (χ0) is 11.1. The molecule has 0 aliphatic carbocycles. The fourth-order valence-electron chi connectivity index (χ4n) is 1.67. The van der Waals surface area contributed by atoms with E-state index in [0.29, 0.717) is 6.04 Å². The first-order valence-corrected chi connectivity index (χ1v) is 6.99. The monoisotopic (exact) mass is 213 g/mol. The summed E-state index contributed by atoms with van der Waals surface area (Å²) >= 11 is 0. The van der Waals surface area contributed by atoms with Crippen molar-refractivity contribution in [3.8, 4) is 0 Å². The Morgan fingerprint density at radius 2 is 1.71 bits per heavy atom. The van der Waals surface area contributed by atoms with Crippen molar-refractivity contribution in [1.29, 1.82) is 0 Å². The molecule has 0 aliphatic rings. The van der Waals surface area contributed by atoms with E-state index in [-0.39, 0.29) is 0 Å². The summed E-state index contributed by atoms with van der Waals surface area (Å²) < 4.78 is 0. The number of nitrogens with zero attached hydrogens (tertiary/aromatic N) is 1. The first-order chi connectivity index (χ1) is 6.56. The van der Waals surface area contributed by atoms with Crippen LogP contribution in [0.4, 0.5) is 0 Å². The average molecular weight is 213 g/mol. The first kappa shape index (κ1) is 13.9. The van der Waals surface area contributed by atoms with Crippen LogP contribution in [0.25, 0.3) is 0 Å². The second-order valence-electron chi connectivity index (χ2n) is 4.26. The van der Waals surface area contributed by atoms with Crippen LogP contribution in [0.3, 0.4) is 0 Å². The molecular formula is C12H27NSi. The number of allylic oxidation sites excluding steroid dienone is 1. The molecule has 0 aromatic rings. The van der Waals surface area contributed by atoms with E-state index in [1.165, 1.54) is 29.8 Å². The predicted octanol–water partition coefficient (Wildman–Crippen LogP) is 2.01. The van der Waals surface area contributed by atoms with Gasteiger partial charge in [0.1, 0.15) is 0 Å². The Bertz CT molecular complexity index is 171. The van der Waals surface area contributed by atoms with Gasteiger partial charge in [-0.05, 0) is 25.4 Å². The molecule has 2 heteroatoms. The molecule has 1 nitrogen and oxygen atoms in total. The van der Waals surface area contributed by atoms with E-state index in [4.69, 9.17) is 0 Å². The molecule has 0 amide bonds. The Kier molecular flexibility index (Phi) is 7.20. The van der Waals surface area contributed by atoms with Crippen LogP contribution in [0.1, 0.15) is 41.0 Å². The maximum atomic E-state index is 2.54. The Morgan fingerprint density at radius 3 is 2.00 bits per heavy atom. The standard InChI is InChI=1S/C12H27NSi/c1-6-11(13(7-2)8-3)9-12(14)10(4)5/h9-11H,6-8H2,1-5,14H3. The molecule has 0 saturated carbocycles. The van der Waals surface area contributed by atoms with Gasteiger partial charge in [0.25, 0.3) is 0 Å². The lowest BCUT2D eigenvalue weighted by Crippen LogP contribution is -2.33. The van der Waals surface area contributed by atoms with Gasteiger partial charge < -0.3 is 0 Å². The third-order valence-electron chi connectivity index (χ3n) is 3.07. The molecule has 0 aromatic carbocycles. The maximum absolute atomic E-state index is 2.54. The lowest BCUT2D eigenvalue weighted by molar-refractivity contribution is 0.248. The molecule has 1 unspecified atom stereocenters. The van der Waals surface area contributed by atoms with Gasteiger partial charge in [0, 0.05) is 16.3 Å². The summed E-state index contributed by atoms with van der Waals surface area (Å²) in [5, 5.41) is 1.66. The van der Waals surface area contributed by atoms with Crippen molar-refractivity contribution in [3.63, 3.8) is 0 Å². The molecule has 0 radical (unpaired) electrons. The fourth-order valence-corrected chi connectivity index (χ4v) is 2.05. The summed E-state index contributed by atoms with van der Waals surface area (Å²) in [5.41, 5.74) is 0. The van der Waals surface area contributed by atoms with Crippen LogP contribution < -0.4 is 0 Å². The fraction of sp³-hybridized carbons (Fsp3) is 0.833. The number of hydrogen-bond donors (Lipinski definition) is 0. The minimum Gasteiger partial charge on any atom is -0.298 e. The van der Waals surface area contributed by atoms with E-state index in [9.17, 15) is 0 Å². The minimum absolute atomic E-state index is 0.667. The molecule has 0 N–H and O–H groups in total. The van der Waals surface area contributed by atoms with Crippen LogP contribution in [0.15, 0.2) is 11.3 Å². The summed E-state index contributed by atoms with van der Waals surface area (Å²) in [5.74, 6) is 0.742. The van der Waals surface area contributed by atoms with Gasteiger partial charge >= 0.3 is 0 Å². The predicted molar refractivity (Wildman–Crippen MR) is 69.9 cm³/mol. The maximum Gasteiger partial charge on any atom is 0.0333 e. The van der Waals surface area contributed by atoms with Crippen LogP contribution in [0.5, 0.6) is 0 Å². The van der Waals surface area contributed by atoms with E-state index >= 15 is 0 Å². The van der Waals surface area contributed by atoms with Crippen molar-refractivity contribution < 1.29 is 0 Å². The Balaban J connectivity index is 4.47. The SMILES string of the molecule is CCC(C=C([SiH3])C(C)C)N(CC)CC. The van der Waals surface area contributed by atoms with Gasteiger partial charge in [-0.25, -0.2) is 0 Å². The number of rotatable bonds is 6. The van der Waals surface area contributed by atoms with Crippen molar-refractivity contribution in [3.05, 3.63) is 11.3 Å². The molecule has 0 rings (SSSR count). The largest absolute Gasteiger partial charge is 0.298 e. The molecular weight excluding hydrogens is 186 g/mol. The zero-order valence-corrected chi connectivity index (χ0v) is 12.8. The molecule has 0 aliphatic heterocycles. The third kappa shape index (κ3) is 4.42. The smallest absolute Gasteiger partial charge is 0.0333 e. The topological polar surface area (TPSA) is 3.24 Å². The minimum atomic E-state index is 0.667. The van der Waals surface area contributed by atoms with E-state index in [1.807, 2.05) is 0 Å². The molecule has 0 spiro atoms. The van der Waals surface area contributed by atoms with Crippen LogP contribution in [0.2, 0.25) is 0 Å². The van der Waals surface area contributed by atoms with Gasteiger partial charge in [0.2, 0.25) is 0 Å². The van der Waals surface area contributed by atoms with Gasteiger partial charge in [-0.15, -0.1) is 0 Å². The van der Waals surface area contributed by atoms with E-state index in [0.717, 1.165) is 5.92 Å². The lowest BCUT2D eigenvalue weighted by atomic mass is 10.1. The normalized spacial score (nSPS) is 15.5. The van der Waals surface area contributed by atoms with E-state index < -0.39 is 0 Å². The quantitative estimate of drug-likeness (QED) is 0.610. The first-order valence-electron chi connectivity index (χ1n) is 5.99. The summed E-state index contributed by atoms with van der Waals surface area (Å²) in [7, 11) is 1.21. The van der Waals surface area contributed by atoms with Gasteiger partial charge in [-0.2, -0.15) is 0 Å². The van der Waals surface area contributed by atoms with Crippen molar-refractivity contribution >= 4 is 10.2 Å². The van der Waals surface area contributed by atoms with Gasteiger partial charge in [0.05, 0.1) is 0 Å². The molecule has 0 aromatic heterocycles. The van der Waals surface area contributed by atoms with Gasteiger partial charge in [-0.1, -0.05) is 45.9 Å². The van der Waals surface area contributed by atoms with Gasteiger partial charge in [0.15, 0.2) is 0 Å². The second kappa shape index (κ2) is 7.24. The molecule has 0 fully saturated rings. The van der Waals surface area contributed by atoms with Crippen LogP contribution in [-0.4, -0.2) is 34.3 Å². The molecule has 0 saturated heterocycles. The molecule has 0 bridgehead atoms. The van der Waals surface area contributed by atoms with E-state index in [2.05, 4.69) is 45.6 Å². The van der Waals surface area contributed by atoms with Crippen molar-refractivity contribution in [2.24, 2.45) is 5.92 Å². The van der Waals surface area contributed by atoms with Crippen LogP contribution in [-0.2, 0) is 0 Å². The highest BCUT2D eigenvalue weighted by atomic mass is 28.1. The molecule has 84 valence electrons. The van der Waals surface area contributed by atoms with E-state index in [1.54, 1.807) is 5.20 Å². The highest BCUT2D eigenvalue weighted by Gasteiger charge is 2.11. The highest BCUT2D eigenvalue weighted by Crippen LogP contribution is 2.12. The third-order valence-corrected chi connectivity index (χ3v) is 4.55. The number of likely N-dealkylation sites (N-methyl/N-ethyl adjacent to an activating group) is 1. The van der Waals surface area contributed by atoms with Crippen LogP contribution in [0, 0.1) is 5.92 Å². The Morgan fingerprint density at radius 1 is 1.21 bits per heavy atom. The summed E-state index contributed by atoms with van der Waals surface area (Å²) in [6, 6.07) is 0.667. The lowest BCUT2D eigenvalue weighted by Gasteiger charge is -2.27. The summed E-state index contributed by atoms with van der Waals surface area (Å²) in [4.78, 5) is 2.54. The average Bonchev–Trinajstić information content (AvgIpc) is 2.17. The molecule has 14 heavy (non-hydrogen) atoms. The summed E-state index contributed by atoms with van der Waals surface area (Å²) in [6.45, 7) is 13.7. The Labute approximate surface area is 93.0 Å². The highest BCUT2D eigenvalue weighted by molar-refractivity contribution is 6.21. The molecule has 1 atom stereocenters. The van der Waals surface area contributed by atoms with Crippen molar-refractivity contribution in [2.75, 3.05) is 13.1 Å². The van der Waals surface area contributed by atoms with Crippen LogP contribution >= 0.6 is 0 Å². The zero-order valence-electron chi connectivity index (χ0n) is 10.8. The van der Waals surface area contributed by atoms with Gasteiger partial charge in [-0.3, -0.25) is 4.90 Å². The Hall–Kier alpha value is -0.0831. The molecule has 0 heterocycles. The number of hydrogen-bond acceptors (Lipinski definition) is 1.